The van der Waals surface area contributed by atoms with Gasteiger partial charge in [-0.1, -0.05) is 37.6 Å². The first-order chi connectivity index (χ1) is 5.93. The van der Waals surface area contributed by atoms with Crippen molar-refractivity contribution < 1.29 is 5.11 Å². The van der Waals surface area contributed by atoms with Gasteiger partial charge in [-0.25, -0.2) is 0 Å². The average Bonchev–Trinajstić information content (AvgIpc) is 2.19. The van der Waals surface area contributed by atoms with E-state index in [0.717, 1.165) is 12.8 Å². The summed E-state index contributed by atoms with van der Waals surface area (Å²) in [5, 5.41) is 8.55. The lowest BCUT2D eigenvalue weighted by molar-refractivity contribution is 0.289. The van der Waals surface area contributed by atoms with Gasteiger partial charge in [0.05, 0.1) is 0 Å². The van der Waals surface area contributed by atoms with Crippen LogP contribution in [0, 0.1) is 0 Å². The van der Waals surface area contributed by atoms with E-state index in [0.29, 0.717) is 6.61 Å². The molecule has 1 heteroatoms. The van der Waals surface area contributed by atoms with Crippen LogP contribution in [0.1, 0.15) is 39.5 Å². The topological polar surface area (TPSA) is 20.2 Å². The molecule has 1 rings (SSSR count). The molecule has 0 bridgehead atoms. The fraction of sp³-hybridized carbons (Fsp3) is 0.636. The molecule has 0 atom stereocenters. The van der Waals surface area contributed by atoms with Crippen molar-refractivity contribution in [2.75, 3.05) is 6.61 Å². The van der Waals surface area contributed by atoms with E-state index in [1.165, 1.54) is 18.4 Å². The molecule has 70 valence electrons. The van der Waals surface area contributed by atoms with Gasteiger partial charge in [-0.3, -0.25) is 0 Å². The summed E-state index contributed by atoms with van der Waals surface area (Å²) in [7, 11) is 0. The summed E-state index contributed by atoms with van der Waals surface area (Å²) in [4.78, 5) is 0. The monoisotopic (exact) mass is 168 g/mol. The third kappa shape index (κ3) is 5.14. The first kappa shape index (κ1) is 11.4. The first-order valence-electron chi connectivity index (χ1n) is 4.90. The van der Waals surface area contributed by atoms with Crippen molar-refractivity contribution in [2.24, 2.45) is 0 Å². The van der Waals surface area contributed by atoms with Crippen molar-refractivity contribution in [3.63, 3.8) is 0 Å². The van der Waals surface area contributed by atoms with Gasteiger partial charge in [-0.05, 0) is 25.7 Å². The van der Waals surface area contributed by atoms with Crippen LogP contribution in [0.4, 0.5) is 0 Å². The van der Waals surface area contributed by atoms with Gasteiger partial charge in [-0.2, -0.15) is 0 Å². The van der Waals surface area contributed by atoms with E-state index in [1.807, 2.05) is 13.8 Å². The van der Waals surface area contributed by atoms with Gasteiger partial charge in [0.25, 0.3) is 0 Å². The smallest absolute Gasteiger partial charge is 0.0434 e. The molecule has 1 nitrogen and oxygen atoms in total. The van der Waals surface area contributed by atoms with Crippen LogP contribution in [0.25, 0.3) is 0 Å². The second-order valence-electron chi connectivity index (χ2n) is 2.59. The Kier molecular flexibility index (Phi) is 8.14. The van der Waals surface area contributed by atoms with Crippen molar-refractivity contribution in [3.05, 3.63) is 23.8 Å². The lowest BCUT2D eigenvalue weighted by Gasteiger charge is -2.04. The maximum absolute atomic E-state index is 8.55. The summed E-state index contributed by atoms with van der Waals surface area (Å²) >= 11 is 0. The second kappa shape index (κ2) is 8.54. The number of aliphatic hydroxyl groups excluding tert-OH is 1. The highest BCUT2D eigenvalue weighted by atomic mass is 16.2. The van der Waals surface area contributed by atoms with Crippen molar-refractivity contribution in [1.29, 1.82) is 0 Å². The lowest BCUT2D eigenvalue weighted by atomic mass is 10.0. The lowest BCUT2D eigenvalue weighted by Crippen LogP contribution is -1.88. The van der Waals surface area contributed by atoms with Crippen molar-refractivity contribution in [3.8, 4) is 0 Å². The minimum absolute atomic E-state index is 0.311. The molecule has 12 heavy (non-hydrogen) atoms. The molecule has 0 spiro atoms. The Balaban J connectivity index is 0.000000561. The van der Waals surface area contributed by atoms with Crippen LogP contribution in [0.15, 0.2) is 23.8 Å². The van der Waals surface area contributed by atoms with E-state index in [-0.39, 0.29) is 0 Å². The van der Waals surface area contributed by atoms with Gasteiger partial charge < -0.3 is 5.11 Å². The minimum atomic E-state index is 0.311. The van der Waals surface area contributed by atoms with Crippen LogP contribution in [-0.4, -0.2) is 11.7 Å². The number of hydrogen-bond acceptors (Lipinski definition) is 1. The molecule has 1 aliphatic carbocycles. The Hall–Kier alpha value is -0.560. The highest BCUT2D eigenvalue weighted by Crippen LogP contribution is 2.13. The van der Waals surface area contributed by atoms with E-state index < -0.39 is 0 Å². The second-order valence-corrected chi connectivity index (χ2v) is 2.59. The molecule has 0 aliphatic heterocycles. The van der Waals surface area contributed by atoms with E-state index in [2.05, 4.69) is 18.2 Å². The molecule has 0 fully saturated rings. The predicted octanol–water partition coefficient (Wildman–Crippen LogP) is 3.06. The normalized spacial score (nSPS) is 14.8. The van der Waals surface area contributed by atoms with E-state index in [1.54, 1.807) is 0 Å². The Morgan fingerprint density at radius 3 is 2.58 bits per heavy atom. The molecule has 0 aromatic heterocycles. The summed E-state index contributed by atoms with van der Waals surface area (Å²) in [5.74, 6) is 0. The standard InChI is InChI=1S/C9H14O.C2H6/c10-8-4-7-9-5-2-1-3-6-9;1-2/h2,5-6,10H,1,3-4,7-8H2;1-2H3. The summed E-state index contributed by atoms with van der Waals surface area (Å²) in [6.45, 7) is 4.31. The molecule has 0 aromatic carbocycles. The molecule has 1 aliphatic rings. The van der Waals surface area contributed by atoms with Gasteiger partial charge in [0, 0.05) is 6.61 Å². The Morgan fingerprint density at radius 1 is 1.33 bits per heavy atom. The van der Waals surface area contributed by atoms with Crippen LogP contribution in [0.5, 0.6) is 0 Å². The fourth-order valence-corrected chi connectivity index (χ4v) is 1.14. The van der Waals surface area contributed by atoms with E-state index in [4.69, 9.17) is 5.11 Å². The van der Waals surface area contributed by atoms with Crippen LogP contribution in [-0.2, 0) is 0 Å². The van der Waals surface area contributed by atoms with Crippen LogP contribution >= 0.6 is 0 Å². The molecular formula is C11H20O. The zero-order valence-corrected chi connectivity index (χ0v) is 8.21. The van der Waals surface area contributed by atoms with E-state index >= 15 is 0 Å². The summed E-state index contributed by atoms with van der Waals surface area (Å²) < 4.78 is 0. The van der Waals surface area contributed by atoms with Crippen molar-refractivity contribution in [1.82, 2.24) is 0 Å². The molecule has 0 aromatic rings. The summed E-state index contributed by atoms with van der Waals surface area (Å²) in [6, 6.07) is 0. The number of hydrogen-bond donors (Lipinski definition) is 1. The number of allylic oxidation sites excluding steroid dienone is 4. The third-order valence-electron chi connectivity index (χ3n) is 1.70. The Labute approximate surface area is 75.8 Å². The predicted molar refractivity (Wildman–Crippen MR) is 54.1 cm³/mol. The first-order valence-corrected chi connectivity index (χ1v) is 4.90. The molecule has 0 amide bonds. The zero-order chi connectivity index (χ0) is 9.23. The summed E-state index contributed by atoms with van der Waals surface area (Å²) in [6.07, 6.45) is 10.9. The Morgan fingerprint density at radius 2 is 2.08 bits per heavy atom. The highest BCUT2D eigenvalue weighted by molar-refractivity contribution is 5.21. The van der Waals surface area contributed by atoms with Crippen LogP contribution in [0.3, 0.4) is 0 Å². The maximum atomic E-state index is 8.55. The quantitative estimate of drug-likeness (QED) is 0.686. The van der Waals surface area contributed by atoms with Crippen LogP contribution in [0.2, 0.25) is 0 Å². The molecular weight excluding hydrogens is 148 g/mol. The average molecular weight is 168 g/mol. The summed E-state index contributed by atoms with van der Waals surface area (Å²) in [5.41, 5.74) is 1.39. The zero-order valence-electron chi connectivity index (χ0n) is 8.21. The molecule has 1 N–H and O–H groups in total. The van der Waals surface area contributed by atoms with Gasteiger partial charge in [0.1, 0.15) is 0 Å². The van der Waals surface area contributed by atoms with Gasteiger partial charge in [-0.15, -0.1) is 0 Å². The van der Waals surface area contributed by atoms with Gasteiger partial charge in [0.2, 0.25) is 0 Å². The molecule has 0 saturated carbocycles. The van der Waals surface area contributed by atoms with E-state index in [9.17, 15) is 0 Å². The third-order valence-corrected chi connectivity index (χ3v) is 1.70. The SMILES string of the molecule is CC.OCCCC1=CCCC=C1. The van der Waals surface area contributed by atoms with Crippen molar-refractivity contribution >= 4 is 0 Å². The van der Waals surface area contributed by atoms with Crippen LogP contribution < -0.4 is 0 Å². The molecule has 0 heterocycles. The molecule has 0 saturated heterocycles. The number of aliphatic hydroxyl groups is 1. The maximum Gasteiger partial charge on any atom is 0.0434 e. The minimum Gasteiger partial charge on any atom is -0.396 e. The van der Waals surface area contributed by atoms with Gasteiger partial charge >= 0.3 is 0 Å². The fourth-order valence-electron chi connectivity index (χ4n) is 1.14. The number of rotatable bonds is 3. The van der Waals surface area contributed by atoms with Crippen molar-refractivity contribution in [2.45, 2.75) is 39.5 Å². The largest absolute Gasteiger partial charge is 0.396 e. The molecule has 0 unspecified atom stereocenters. The van der Waals surface area contributed by atoms with Gasteiger partial charge in [0.15, 0.2) is 0 Å². The highest BCUT2D eigenvalue weighted by Gasteiger charge is 1.95. The Bertz CT molecular complexity index is 145. The molecule has 0 radical (unpaired) electrons.